The van der Waals surface area contributed by atoms with Crippen molar-refractivity contribution in [2.45, 2.75) is 25.9 Å². The molecule has 0 aromatic carbocycles. The van der Waals surface area contributed by atoms with Gasteiger partial charge in [-0.1, -0.05) is 22.9 Å². The van der Waals surface area contributed by atoms with Gasteiger partial charge in [0.15, 0.2) is 5.13 Å². The van der Waals surface area contributed by atoms with E-state index >= 15 is 0 Å². The number of nitrogens with zero attached hydrogens (tertiary/aromatic N) is 2. The Kier molecular flexibility index (Phi) is 6.05. The van der Waals surface area contributed by atoms with Crippen LogP contribution in [0.25, 0.3) is 0 Å². The quantitative estimate of drug-likeness (QED) is 0.739. The van der Waals surface area contributed by atoms with Crippen molar-refractivity contribution in [2.24, 2.45) is 0 Å². The molecule has 0 atom stereocenters. The second kappa shape index (κ2) is 7.06. The van der Waals surface area contributed by atoms with Crippen LogP contribution in [-0.2, 0) is 6.61 Å². The highest BCUT2D eigenvalue weighted by Gasteiger charge is 2.11. The number of unbranched alkanes of at least 4 members (excludes halogenated alkanes) is 2. The molecule has 92 valence electrons. The van der Waals surface area contributed by atoms with Gasteiger partial charge >= 0.3 is 0 Å². The molecule has 0 aliphatic carbocycles. The van der Waals surface area contributed by atoms with Crippen LogP contribution in [0.3, 0.4) is 0 Å². The van der Waals surface area contributed by atoms with E-state index < -0.39 is 0 Å². The summed E-state index contributed by atoms with van der Waals surface area (Å²) in [5.41, 5.74) is 0. The molecule has 4 nitrogen and oxygen atoms in total. The number of thiazole rings is 1. The summed E-state index contributed by atoms with van der Waals surface area (Å²) < 4.78 is 0. The molecule has 0 aliphatic rings. The molecular formula is C10H17ClN2O2S. The number of rotatable bonds is 7. The van der Waals surface area contributed by atoms with Gasteiger partial charge in [-0.05, 0) is 19.3 Å². The summed E-state index contributed by atoms with van der Waals surface area (Å²) in [5.74, 6) is 0. The molecule has 6 heteroatoms. The van der Waals surface area contributed by atoms with Gasteiger partial charge in [-0.25, -0.2) is 4.98 Å². The first kappa shape index (κ1) is 13.7. The fourth-order valence-electron chi connectivity index (χ4n) is 1.32. The maximum atomic E-state index is 9.00. The van der Waals surface area contributed by atoms with E-state index in [9.17, 15) is 0 Å². The predicted molar refractivity (Wildman–Crippen MR) is 67.3 cm³/mol. The van der Waals surface area contributed by atoms with Crippen molar-refractivity contribution in [3.05, 3.63) is 10.0 Å². The number of hydrogen-bond acceptors (Lipinski definition) is 5. The van der Waals surface area contributed by atoms with Crippen molar-refractivity contribution >= 4 is 28.1 Å². The van der Waals surface area contributed by atoms with E-state index in [0.717, 1.165) is 30.9 Å². The van der Waals surface area contributed by atoms with Crippen molar-refractivity contribution < 1.29 is 10.2 Å². The van der Waals surface area contributed by atoms with Crippen molar-refractivity contribution in [2.75, 3.05) is 25.1 Å². The Morgan fingerprint density at radius 1 is 1.31 bits per heavy atom. The zero-order valence-electron chi connectivity index (χ0n) is 9.32. The number of hydrogen-bond donors (Lipinski definition) is 2. The zero-order valence-corrected chi connectivity index (χ0v) is 10.9. The summed E-state index contributed by atoms with van der Waals surface area (Å²) in [5, 5.41) is 18.9. The molecule has 0 spiro atoms. The average Bonchev–Trinajstić information content (AvgIpc) is 2.66. The molecule has 0 amide bonds. The smallest absolute Gasteiger partial charge is 0.186 e. The second-order valence-electron chi connectivity index (χ2n) is 3.57. The van der Waals surface area contributed by atoms with Gasteiger partial charge in [0.05, 0.1) is 11.5 Å². The van der Waals surface area contributed by atoms with Gasteiger partial charge in [-0.3, -0.25) is 0 Å². The molecule has 1 rings (SSSR count). The minimum absolute atomic E-state index is 0.0607. The van der Waals surface area contributed by atoms with Gasteiger partial charge in [-0.2, -0.15) is 0 Å². The van der Waals surface area contributed by atoms with Crippen LogP contribution in [0.2, 0.25) is 5.15 Å². The molecule has 2 N–H and O–H groups in total. The number of aromatic nitrogens is 1. The standard InChI is InChI=1S/C10H17ClN2O2S/c1-13(5-3-2-4-6-14)10-12-9(11)8(7-15)16-10/h14-15H,2-7H2,1H3. The molecule has 0 unspecified atom stereocenters. The molecule has 1 heterocycles. The maximum absolute atomic E-state index is 9.00. The third-order valence-electron chi connectivity index (χ3n) is 2.26. The molecule has 0 bridgehead atoms. The van der Waals surface area contributed by atoms with E-state index in [2.05, 4.69) is 4.98 Å². The van der Waals surface area contributed by atoms with Crippen LogP contribution in [0, 0.1) is 0 Å². The van der Waals surface area contributed by atoms with Crippen LogP contribution in [0.5, 0.6) is 0 Å². The Bertz CT molecular complexity index is 320. The van der Waals surface area contributed by atoms with Gasteiger partial charge in [0, 0.05) is 20.2 Å². The normalized spacial score (nSPS) is 10.8. The lowest BCUT2D eigenvalue weighted by atomic mass is 10.2. The number of halogens is 1. The van der Waals surface area contributed by atoms with Crippen LogP contribution in [-0.4, -0.2) is 35.4 Å². The molecular weight excluding hydrogens is 248 g/mol. The lowest BCUT2D eigenvalue weighted by Gasteiger charge is -2.14. The Labute approximate surface area is 104 Å². The number of anilines is 1. The molecule has 16 heavy (non-hydrogen) atoms. The SMILES string of the molecule is CN(CCCCCO)c1nc(Cl)c(CO)s1. The second-order valence-corrected chi connectivity index (χ2v) is 4.99. The summed E-state index contributed by atoms with van der Waals surface area (Å²) in [6.45, 7) is 1.07. The monoisotopic (exact) mass is 264 g/mol. The fraction of sp³-hybridized carbons (Fsp3) is 0.700. The van der Waals surface area contributed by atoms with E-state index in [1.54, 1.807) is 0 Å². The van der Waals surface area contributed by atoms with Gasteiger partial charge in [-0.15, -0.1) is 0 Å². The summed E-state index contributed by atoms with van der Waals surface area (Å²) >= 11 is 7.27. The highest BCUT2D eigenvalue weighted by molar-refractivity contribution is 7.16. The minimum Gasteiger partial charge on any atom is -0.396 e. The number of aliphatic hydroxyl groups is 2. The molecule has 0 fully saturated rings. The van der Waals surface area contributed by atoms with E-state index in [1.165, 1.54) is 11.3 Å². The molecule has 1 aromatic heterocycles. The van der Waals surface area contributed by atoms with Crippen LogP contribution in [0.1, 0.15) is 24.1 Å². The predicted octanol–water partition coefficient (Wildman–Crippen LogP) is 1.89. The lowest BCUT2D eigenvalue weighted by molar-refractivity contribution is 0.283. The first-order chi connectivity index (χ1) is 7.69. The minimum atomic E-state index is -0.0607. The summed E-state index contributed by atoms with van der Waals surface area (Å²) in [4.78, 5) is 6.91. The summed E-state index contributed by atoms with van der Waals surface area (Å²) in [6.07, 6.45) is 2.86. The average molecular weight is 265 g/mol. The van der Waals surface area contributed by atoms with Crippen molar-refractivity contribution in [3.8, 4) is 0 Å². The third kappa shape index (κ3) is 3.90. The van der Waals surface area contributed by atoms with Crippen LogP contribution in [0.15, 0.2) is 0 Å². The fourth-order valence-corrected chi connectivity index (χ4v) is 2.42. The summed E-state index contributed by atoms with van der Waals surface area (Å²) in [6, 6.07) is 0. The highest BCUT2D eigenvalue weighted by atomic mass is 35.5. The van der Waals surface area contributed by atoms with Crippen molar-refractivity contribution in [1.82, 2.24) is 4.98 Å². The van der Waals surface area contributed by atoms with Gasteiger partial charge < -0.3 is 15.1 Å². The van der Waals surface area contributed by atoms with Gasteiger partial charge in [0.2, 0.25) is 0 Å². The van der Waals surface area contributed by atoms with Crippen LogP contribution < -0.4 is 4.90 Å². The van der Waals surface area contributed by atoms with E-state index in [1.807, 2.05) is 11.9 Å². The van der Waals surface area contributed by atoms with Crippen LogP contribution in [0.4, 0.5) is 5.13 Å². The Hall–Kier alpha value is -0.360. The first-order valence-electron chi connectivity index (χ1n) is 5.27. The van der Waals surface area contributed by atoms with E-state index in [4.69, 9.17) is 21.8 Å². The van der Waals surface area contributed by atoms with Gasteiger partial charge in [0.1, 0.15) is 5.15 Å². The van der Waals surface area contributed by atoms with Crippen LogP contribution >= 0.6 is 22.9 Å². The molecule has 0 radical (unpaired) electrons. The molecule has 0 aliphatic heterocycles. The molecule has 0 saturated heterocycles. The Morgan fingerprint density at radius 2 is 2.06 bits per heavy atom. The highest BCUT2D eigenvalue weighted by Crippen LogP contribution is 2.28. The molecule has 1 aromatic rings. The van der Waals surface area contributed by atoms with Crippen molar-refractivity contribution in [3.63, 3.8) is 0 Å². The van der Waals surface area contributed by atoms with E-state index in [0.29, 0.717) is 10.0 Å². The molecule has 0 saturated carbocycles. The third-order valence-corrected chi connectivity index (χ3v) is 3.84. The van der Waals surface area contributed by atoms with E-state index in [-0.39, 0.29) is 13.2 Å². The Balaban J connectivity index is 2.43. The Morgan fingerprint density at radius 3 is 2.62 bits per heavy atom. The summed E-state index contributed by atoms with van der Waals surface area (Å²) in [7, 11) is 1.95. The number of aliphatic hydroxyl groups excluding tert-OH is 2. The zero-order chi connectivity index (χ0) is 12.0. The lowest BCUT2D eigenvalue weighted by Crippen LogP contribution is -2.18. The largest absolute Gasteiger partial charge is 0.396 e. The topological polar surface area (TPSA) is 56.6 Å². The van der Waals surface area contributed by atoms with Crippen molar-refractivity contribution in [1.29, 1.82) is 0 Å². The first-order valence-corrected chi connectivity index (χ1v) is 6.46. The van der Waals surface area contributed by atoms with Gasteiger partial charge in [0.25, 0.3) is 0 Å². The maximum Gasteiger partial charge on any atom is 0.186 e.